The molecule has 0 atom stereocenters. The molecule has 6 heteroatoms. The van der Waals surface area contributed by atoms with Gasteiger partial charge in [0.15, 0.2) is 5.58 Å². The van der Waals surface area contributed by atoms with Crippen LogP contribution in [0.15, 0.2) is 38.2 Å². The maximum Gasteiger partial charge on any atom is 0.417 e. The molecule has 0 saturated heterocycles. The van der Waals surface area contributed by atoms with Crippen LogP contribution in [0.2, 0.25) is 0 Å². The van der Waals surface area contributed by atoms with E-state index >= 15 is 0 Å². The van der Waals surface area contributed by atoms with E-state index in [2.05, 4.69) is 15.7 Å². The Morgan fingerprint density at radius 1 is 1.44 bits per heavy atom. The third-order valence-electron chi connectivity index (χ3n) is 2.65. The number of fused-ring (bicyclic) bond motifs is 1. The lowest BCUT2D eigenvalue weighted by Crippen LogP contribution is -2.01. The van der Waals surface area contributed by atoms with Crippen LogP contribution in [0.4, 0.5) is 11.4 Å². The zero-order valence-corrected chi connectivity index (χ0v) is 10.2. The fraction of sp³-hybridized carbons (Fsp3) is 0.0833. The Balaban J connectivity index is 1.91. The van der Waals surface area contributed by atoms with Gasteiger partial charge in [0.05, 0.1) is 16.9 Å². The molecule has 0 spiro atoms. The topological polar surface area (TPSA) is 84.0 Å². The van der Waals surface area contributed by atoms with Gasteiger partial charge >= 0.3 is 5.76 Å². The zero-order chi connectivity index (χ0) is 12.5. The molecular weight excluding hydrogens is 250 g/mol. The molecule has 2 aromatic heterocycles. The van der Waals surface area contributed by atoms with Crippen LogP contribution in [0.5, 0.6) is 0 Å². The van der Waals surface area contributed by atoms with Gasteiger partial charge < -0.3 is 15.5 Å². The van der Waals surface area contributed by atoms with E-state index in [1.165, 1.54) is 5.56 Å². The second kappa shape index (κ2) is 4.23. The number of nitrogens with one attached hydrogen (secondary N) is 2. The van der Waals surface area contributed by atoms with E-state index in [4.69, 9.17) is 10.2 Å². The van der Waals surface area contributed by atoms with Crippen molar-refractivity contribution in [3.8, 4) is 0 Å². The van der Waals surface area contributed by atoms with Crippen LogP contribution < -0.4 is 16.8 Å². The number of benzene rings is 1. The summed E-state index contributed by atoms with van der Waals surface area (Å²) < 4.78 is 4.94. The van der Waals surface area contributed by atoms with Crippen molar-refractivity contribution >= 4 is 33.8 Å². The Kier molecular flexibility index (Phi) is 2.56. The number of aromatic nitrogens is 1. The number of rotatable bonds is 3. The summed E-state index contributed by atoms with van der Waals surface area (Å²) in [6.07, 6.45) is 0. The molecule has 0 bridgehead atoms. The Labute approximate surface area is 106 Å². The monoisotopic (exact) mass is 261 g/mol. The van der Waals surface area contributed by atoms with E-state index < -0.39 is 5.76 Å². The van der Waals surface area contributed by atoms with Crippen LogP contribution >= 0.6 is 11.3 Å². The number of thiophene rings is 1. The van der Waals surface area contributed by atoms with E-state index in [0.29, 0.717) is 23.3 Å². The minimum absolute atomic E-state index is 0.471. The van der Waals surface area contributed by atoms with Crippen molar-refractivity contribution in [3.05, 3.63) is 45.1 Å². The smallest absolute Gasteiger partial charge is 0.408 e. The number of oxazole rings is 1. The Bertz CT molecular complexity index is 727. The number of hydrogen-bond acceptors (Lipinski definition) is 5. The Hall–Kier alpha value is -2.21. The molecule has 0 aliphatic rings. The van der Waals surface area contributed by atoms with Gasteiger partial charge in [0, 0.05) is 12.6 Å². The molecule has 3 rings (SSSR count). The van der Waals surface area contributed by atoms with Crippen molar-refractivity contribution in [2.45, 2.75) is 6.54 Å². The normalized spacial score (nSPS) is 10.9. The summed E-state index contributed by atoms with van der Waals surface area (Å²) in [4.78, 5) is 13.7. The lowest BCUT2D eigenvalue weighted by atomic mass is 10.2. The van der Waals surface area contributed by atoms with E-state index in [9.17, 15) is 4.79 Å². The van der Waals surface area contributed by atoms with Crippen molar-refractivity contribution < 1.29 is 4.42 Å². The highest BCUT2D eigenvalue weighted by Gasteiger charge is 2.06. The third-order valence-corrected chi connectivity index (χ3v) is 3.39. The SMILES string of the molecule is Nc1cc2oc(=O)[nH]c2cc1NCc1ccsc1. The van der Waals surface area contributed by atoms with Gasteiger partial charge in [-0.05, 0) is 28.5 Å². The number of nitrogens with two attached hydrogens (primary N) is 1. The first kappa shape index (κ1) is 10.9. The van der Waals surface area contributed by atoms with Crippen LogP contribution in [-0.2, 0) is 6.54 Å². The van der Waals surface area contributed by atoms with Gasteiger partial charge in [-0.15, -0.1) is 0 Å². The highest BCUT2D eigenvalue weighted by atomic mass is 32.1. The Morgan fingerprint density at radius 3 is 3.11 bits per heavy atom. The van der Waals surface area contributed by atoms with Crippen LogP contribution in [0, 0.1) is 0 Å². The molecule has 3 aromatic rings. The zero-order valence-electron chi connectivity index (χ0n) is 9.40. The minimum atomic E-state index is -0.473. The number of hydrogen-bond donors (Lipinski definition) is 3. The van der Waals surface area contributed by atoms with Gasteiger partial charge in [-0.1, -0.05) is 0 Å². The summed E-state index contributed by atoms with van der Waals surface area (Å²) in [6, 6.07) is 5.47. The minimum Gasteiger partial charge on any atom is -0.408 e. The molecule has 0 aliphatic carbocycles. The fourth-order valence-electron chi connectivity index (χ4n) is 1.76. The molecule has 0 fully saturated rings. The van der Waals surface area contributed by atoms with Gasteiger partial charge in [-0.3, -0.25) is 4.98 Å². The maximum absolute atomic E-state index is 11.1. The first-order valence-electron chi connectivity index (χ1n) is 5.39. The highest BCUT2D eigenvalue weighted by molar-refractivity contribution is 7.07. The van der Waals surface area contributed by atoms with Crippen molar-refractivity contribution in [2.75, 3.05) is 11.1 Å². The molecule has 2 heterocycles. The quantitative estimate of drug-likeness (QED) is 0.632. The van der Waals surface area contributed by atoms with Gasteiger partial charge in [0.25, 0.3) is 0 Å². The van der Waals surface area contributed by atoms with E-state index in [1.807, 2.05) is 11.4 Å². The molecule has 0 unspecified atom stereocenters. The molecule has 0 amide bonds. The van der Waals surface area contributed by atoms with E-state index in [1.54, 1.807) is 23.5 Å². The largest absolute Gasteiger partial charge is 0.417 e. The van der Waals surface area contributed by atoms with E-state index in [-0.39, 0.29) is 0 Å². The molecule has 5 nitrogen and oxygen atoms in total. The number of nitrogen functional groups attached to an aromatic ring is 1. The lowest BCUT2D eigenvalue weighted by molar-refractivity contribution is 0.555. The Morgan fingerprint density at radius 2 is 2.33 bits per heavy atom. The predicted molar refractivity (Wildman–Crippen MR) is 72.9 cm³/mol. The number of anilines is 2. The van der Waals surface area contributed by atoms with Crippen molar-refractivity contribution in [1.82, 2.24) is 4.98 Å². The van der Waals surface area contributed by atoms with Gasteiger partial charge in [-0.2, -0.15) is 11.3 Å². The van der Waals surface area contributed by atoms with Crippen LogP contribution in [0.3, 0.4) is 0 Å². The number of aromatic amines is 1. The third kappa shape index (κ3) is 1.98. The second-order valence-electron chi connectivity index (χ2n) is 3.94. The molecule has 18 heavy (non-hydrogen) atoms. The van der Waals surface area contributed by atoms with Crippen LogP contribution in [-0.4, -0.2) is 4.98 Å². The maximum atomic E-state index is 11.1. The molecule has 0 radical (unpaired) electrons. The summed E-state index contributed by atoms with van der Waals surface area (Å²) in [5.74, 6) is -0.473. The molecule has 0 saturated carbocycles. The van der Waals surface area contributed by atoms with Crippen molar-refractivity contribution in [1.29, 1.82) is 0 Å². The van der Waals surface area contributed by atoms with Crippen LogP contribution in [0.1, 0.15) is 5.56 Å². The summed E-state index contributed by atoms with van der Waals surface area (Å²) >= 11 is 1.65. The van der Waals surface area contributed by atoms with Crippen molar-refractivity contribution in [2.24, 2.45) is 0 Å². The first-order chi connectivity index (χ1) is 8.72. The average Bonchev–Trinajstić information content (AvgIpc) is 2.94. The molecule has 0 aliphatic heterocycles. The summed E-state index contributed by atoms with van der Waals surface area (Å²) in [5.41, 5.74) is 9.54. The van der Waals surface area contributed by atoms with Gasteiger partial charge in [-0.25, -0.2) is 4.79 Å². The first-order valence-corrected chi connectivity index (χ1v) is 6.34. The molecule has 92 valence electrons. The summed E-state index contributed by atoms with van der Waals surface area (Å²) in [6.45, 7) is 0.696. The second-order valence-corrected chi connectivity index (χ2v) is 4.72. The van der Waals surface area contributed by atoms with Crippen LogP contribution in [0.25, 0.3) is 11.1 Å². The molecular formula is C12H11N3O2S. The van der Waals surface area contributed by atoms with Gasteiger partial charge in [0.2, 0.25) is 0 Å². The fourth-order valence-corrected chi connectivity index (χ4v) is 2.43. The summed E-state index contributed by atoms with van der Waals surface area (Å²) in [5, 5.41) is 7.33. The lowest BCUT2D eigenvalue weighted by Gasteiger charge is -2.08. The molecule has 4 N–H and O–H groups in total. The number of H-pyrrole nitrogens is 1. The molecule has 1 aromatic carbocycles. The highest BCUT2D eigenvalue weighted by Crippen LogP contribution is 2.25. The van der Waals surface area contributed by atoms with Gasteiger partial charge in [0.1, 0.15) is 0 Å². The summed E-state index contributed by atoms with van der Waals surface area (Å²) in [7, 11) is 0. The predicted octanol–water partition coefficient (Wildman–Crippen LogP) is 2.38. The standard InChI is InChI=1S/C12H11N3O2S/c13-8-3-11-10(15-12(16)17-11)4-9(8)14-5-7-1-2-18-6-7/h1-4,6,14H,5,13H2,(H,15,16). The van der Waals surface area contributed by atoms with Crippen molar-refractivity contribution in [3.63, 3.8) is 0 Å². The average molecular weight is 261 g/mol. The van der Waals surface area contributed by atoms with E-state index in [0.717, 1.165) is 5.69 Å².